The SMILES string of the molecule is C/C=C/COc1ccc(S(=O)(=O)O)cc1.[NaH]. The van der Waals surface area contributed by atoms with Crippen molar-refractivity contribution < 1.29 is 17.7 Å². The van der Waals surface area contributed by atoms with Crippen LogP contribution in [0.2, 0.25) is 0 Å². The Bertz CT molecular complexity index is 436. The van der Waals surface area contributed by atoms with Crippen LogP contribution in [0.25, 0.3) is 0 Å². The number of allylic oxidation sites excluding steroid dienone is 1. The zero-order chi connectivity index (χ0) is 11.3. The zero-order valence-corrected chi connectivity index (χ0v) is 9.07. The first-order valence-corrected chi connectivity index (χ1v) is 5.79. The van der Waals surface area contributed by atoms with Crippen LogP contribution in [0.3, 0.4) is 0 Å². The minimum absolute atomic E-state index is 0. The van der Waals surface area contributed by atoms with Gasteiger partial charge in [0.15, 0.2) is 0 Å². The summed E-state index contributed by atoms with van der Waals surface area (Å²) in [5.74, 6) is 0.556. The van der Waals surface area contributed by atoms with Gasteiger partial charge < -0.3 is 4.74 Å². The fraction of sp³-hybridized carbons (Fsp3) is 0.200. The first-order valence-electron chi connectivity index (χ1n) is 4.35. The zero-order valence-electron chi connectivity index (χ0n) is 8.25. The Morgan fingerprint density at radius 1 is 1.31 bits per heavy atom. The summed E-state index contributed by atoms with van der Waals surface area (Å²) in [5, 5.41) is 0. The van der Waals surface area contributed by atoms with Crippen molar-refractivity contribution in [1.29, 1.82) is 0 Å². The van der Waals surface area contributed by atoms with Crippen molar-refractivity contribution in [3.8, 4) is 5.75 Å². The van der Waals surface area contributed by atoms with Crippen molar-refractivity contribution >= 4 is 39.7 Å². The second kappa shape index (κ2) is 7.09. The fourth-order valence-electron chi connectivity index (χ4n) is 0.948. The third-order valence-corrected chi connectivity index (χ3v) is 2.57. The molecule has 0 aliphatic rings. The molecule has 0 aliphatic carbocycles. The van der Waals surface area contributed by atoms with E-state index in [1.807, 2.05) is 19.1 Å². The third kappa shape index (κ3) is 5.14. The number of hydrogen-bond donors (Lipinski definition) is 1. The van der Waals surface area contributed by atoms with E-state index in [0.717, 1.165) is 0 Å². The van der Waals surface area contributed by atoms with Gasteiger partial charge in [0, 0.05) is 0 Å². The van der Waals surface area contributed by atoms with Crippen LogP contribution in [0.1, 0.15) is 6.92 Å². The van der Waals surface area contributed by atoms with Gasteiger partial charge in [-0.1, -0.05) is 12.2 Å². The van der Waals surface area contributed by atoms with Gasteiger partial charge in [-0.3, -0.25) is 4.55 Å². The van der Waals surface area contributed by atoms with Crippen LogP contribution >= 0.6 is 0 Å². The van der Waals surface area contributed by atoms with Crippen molar-refractivity contribution in [3.05, 3.63) is 36.4 Å². The van der Waals surface area contributed by atoms with Crippen LogP contribution in [0, 0.1) is 0 Å². The topological polar surface area (TPSA) is 63.6 Å². The average Bonchev–Trinajstić information content (AvgIpc) is 2.18. The van der Waals surface area contributed by atoms with E-state index < -0.39 is 10.1 Å². The summed E-state index contributed by atoms with van der Waals surface area (Å²) in [6.45, 7) is 2.31. The van der Waals surface area contributed by atoms with E-state index in [4.69, 9.17) is 9.29 Å². The molecular weight excluding hydrogens is 239 g/mol. The predicted octanol–water partition coefficient (Wildman–Crippen LogP) is 1.24. The van der Waals surface area contributed by atoms with E-state index >= 15 is 0 Å². The van der Waals surface area contributed by atoms with Crippen molar-refractivity contribution in [2.24, 2.45) is 0 Å². The third-order valence-electron chi connectivity index (χ3n) is 1.70. The maximum absolute atomic E-state index is 10.7. The second-order valence-electron chi connectivity index (χ2n) is 2.83. The molecule has 0 bridgehead atoms. The van der Waals surface area contributed by atoms with E-state index in [1.165, 1.54) is 24.3 Å². The standard InChI is InChI=1S/C10H12O4S.Na.H/c1-2-3-8-14-9-4-6-10(7-5-9)15(11,12)13;;/h2-7H,8H2,1H3,(H,11,12,13);;/b3-2+;;. The van der Waals surface area contributed by atoms with Crippen LogP contribution in [-0.2, 0) is 10.1 Å². The van der Waals surface area contributed by atoms with Gasteiger partial charge in [-0.2, -0.15) is 8.42 Å². The minimum atomic E-state index is -4.11. The van der Waals surface area contributed by atoms with Gasteiger partial charge in [-0.05, 0) is 31.2 Å². The molecule has 0 atom stereocenters. The van der Waals surface area contributed by atoms with Gasteiger partial charge in [0.2, 0.25) is 0 Å². The molecule has 4 nitrogen and oxygen atoms in total. The maximum atomic E-state index is 10.7. The molecule has 1 N–H and O–H groups in total. The summed E-state index contributed by atoms with van der Waals surface area (Å²) in [6, 6.07) is 5.57. The fourth-order valence-corrected chi connectivity index (χ4v) is 1.43. The molecule has 0 aromatic heterocycles. The van der Waals surface area contributed by atoms with Gasteiger partial charge in [-0.25, -0.2) is 0 Å². The molecule has 0 radical (unpaired) electrons. The molecule has 6 heteroatoms. The predicted molar refractivity (Wildman–Crippen MR) is 63.7 cm³/mol. The van der Waals surface area contributed by atoms with Gasteiger partial charge in [0.1, 0.15) is 12.4 Å². The van der Waals surface area contributed by atoms with Crippen LogP contribution < -0.4 is 4.74 Å². The Balaban J connectivity index is 0.00000225. The van der Waals surface area contributed by atoms with Crippen molar-refractivity contribution in [1.82, 2.24) is 0 Å². The molecule has 1 rings (SSSR count). The molecule has 0 saturated carbocycles. The average molecular weight is 252 g/mol. The molecule has 1 aromatic carbocycles. The van der Waals surface area contributed by atoms with E-state index in [0.29, 0.717) is 12.4 Å². The summed E-state index contributed by atoms with van der Waals surface area (Å²) in [7, 11) is -4.11. The molecule has 0 fully saturated rings. The second-order valence-corrected chi connectivity index (χ2v) is 4.25. The molecule has 84 valence electrons. The summed E-state index contributed by atoms with van der Waals surface area (Å²) < 4.78 is 35.4. The first-order chi connectivity index (χ1) is 7.04. The van der Waals surface area contributed by atoms with Crippen molar-refractivity contribution in [2.75, 3.05) is 6.61 Å². The monoisotopic (exact) mass is 252 g/mol. The van der Waals surface area contributed by atoms with Crippen LogP contribution in [0.4, 0.5) is 0 Å². The van der Waals surface area contributed by atoms with Gasteiger partial charge >= 0.3 is 29.6 Å². The Labute approximate surface area is 117 Å². The first kappa shape index (κ1) is 15.7. The Morgan fingerprint density at radius 2 is 1.88 bits per heavy atom. The number of rotatable bonds is 4. The van der Waals surface area contributed by atoms with Gasteiger partial charge in [0.05, 0.1) is 4.90 Å². The summed E-state index contributed by atoms with van der Waals surface area (Å²) in [5.41, 5.74) is 0. The molecule has 0 saturated heterocycles. The van der Waals surface area contributed by atoms with Crippen molar-refractivity contribution in [3.63, 3.8) is 0 Å². The molecular formula is C10H13NaO4S. The number of benzene rings is 1. The van der Waals surface area contributed by atoms with Crippen LogP contribution in [-0.4, -0.2) is 49.1 Å². The number of hydrogen-bond acceptors (Lipinski definition) is 3. The Hall–Kier alpha value is -0.330. The van der Waals surface area contributed by atoms with Crippen LogP contribution in [0.5, 0.6) is 5.75 Å². The Morgan fingerprint density at radius 3 is 2.31 bits per heavy atom. The van der Waals surface area contributed by atoms with E-state index in [1.54, 1.807) is 0 Å². The van der Waals surface area contributed by atoms with Gasteiger partial charge in [-0.15, -0.1) is 0 Å². The molecule has 0 spiro atoms. The molecule has 0 aliphatic heterocycles. The Kier molecular flexibility index (Phi) is 6.94. The van der Waals surface area contributed by atoms with Crippen molar-refractivity contribution in [2.45, 2.75) is 11.8 Å². The summed E-state index contributed by atoms with van der Waals surface area (Å²) >= 11 is 0. The summed E-state index contributed by atoms with van der Waals surface area (Å²) in [4.78, 5) is -0.138. The molecule has 16 heavy (non-hydrogen) atoms. The summed E-state index contributed by atoms with van der Waals surface area (Å²) in [6.07, 6.45) is 3.68. The molecule has 0 unspecified atom stereocenters. The molecule has 0 heterocycles. The number of ether oxygens (including phenoxy) is 1. The quantitative estimate of drug-likeness (QED) is 0.497. The van der Waals surface area contributed by atoms with E-state index in [9.17, 15) is 8.42 Å². The molecule has 0 amide bonds. The normalized spacial score (nSPS) is 11.1. The van der Waals surface area contributed by atoms with Crippen LogP contribution in [0.15, 0.2) is 41.3 Å². The molecule has 1 aromatic rings. The van der Waals surface area contributed by atoms with E-state index in [2.05, 4.69) is 0 Å². The van der Waals surface area contributed by atoms with Gasteiger partial charge in [0.25, 0.3) is 10.1 Å². The van der Waals surface area contributed by atoms with E-state index in [-0.39, 0.29) is 34.5 Å².